The number of ether oxygens (including phenoxy) is 4. The highest BCUT2D eigenvalue weighted by molar-refractivity contribution is 5.82. The van der Waals surface area contributed by atoms with Gasteiger partial charge in [0.25, 0.3) is 0 Å². The summed E-state index contributed by atoms with van der Waals surface area (Å²) in [6.07, 6.45) is 2.32. The Hall–Kier alpha value is -3.46. The standard InChI is InChI=1S/C20H25NO4.C8H15NO3/c1-22-17-6-5-13(10-18(17)23-2)9-16-15-12-20(25-4)19(24-3)11-14(15)7-8-21-16;1-5(2)4-7(8(11)12)9-6(3)10/h5-6,10-12,16,21H,7-9H2,1-4H3;5,7H,4H2,1-3H3,(H,9,10)(H,11,12)/t16-;7-/m00/s1. The molecule has 2 aromatic carbocycles. The lowest BCUT2D eigenvalue weighted by Gasteiger charge is -2.28. The summed E-state index contributed by atoms with van der Waals surface area (Å²) in [5.41, 5.74) is 3.76. The van der Waals surface area contributed by atoms with Crippen molar-refractivity contribution in [2.75, 3.05) is 35.0 Å². The number of carbonyl (C=O) groups is 2. The van der Waals surface area contributed by atoms with Crippen molar-refractivity contribution in [1.82, 2.24) is 10.6 Å². The molecule has 0 saturated carbocycles. The Morgan fingerprint density at radius 1 is 0.973 bits per heavy atom. The number of methoxy groups -OCH3 is 4. The highest BCUT2D eigenvalue weighted by atomic mass is 16.5. The topological polar surface area (TPSA) is 115 Å². The van der Waals surface area contributed by atoms with Crippen LogP contribution in [0.4, 0.5) is 0 Å². The normalized spacial score (nSPS) is 15.0. The molecule has 2 aromatic rings. The van der Waals surface area contributed by atoms with Gasteiger partial charge < -0.3 is 34.7 Å². The van der Waals surface area contributed by atoms with Gasteiger partial charge in [-0.15, -0.1) is 0 Å². The smallest absolute Gasteiger partial charge is 0.326 e. The van der Waals surface area contributed by atoms with Gasteiger partial charge in [-0.1, -0.05) is 19.9 Å². The van der Waals surface area contributed by atoms with Gasteiger partial charge in [-0.2, -0.15) is 0 Å². The van der Waals surface area contributed by atoms with Crippen molar-refractivity contribution in [3.63, 3.8) is 0 Å². The number of aliphatic carboxylic acids is 1. The maximum Gasteiger partial charge on any atom is 0.326 e. The quantitative estimate of drug-likeness (QED) is 0.437. The van der Waals surface area contributed by atoms with Crippen LogP contribution in [0.1, 0.15) is 49.9 Å². The molecule has 1 aliphatic heterocycles. The molecule has 3 N–H and O–H groups in total. The molecule has 2 atom stereocenters. The van der Waals surface area contributed by atoms with Gasteiger partial charge in [0.2, 0.25) is 5.91 Å². The second-order valence-electron chi connectivity index (χ2n) is 9.28. The minimum atomic E-state index is -0.973. The van der Waals surface area contributed by atoms with E-state index in [-0.39, 0.29) is 17.9 Å². The molecule has 37 heavy (non-hydrogen) atoms. The van der Waals surface area contributed by atoms with Gasteiger partial charge in [-0.05, 0) is 72.7 Å². The maximum atomic E-state index is 10.6. The SMILES string of the molecule is CC(=O)N[C@@H](CC(C)C)C(=O)O.COc1ccc(C[C@@H]2NCCc3cc(OC)c(OC)cc32)cc1OC. The number of carboxylic acids is 1. The monoisotopic (exact) mass is 516 g/mol. The minimum Gasteiger partial charge on any atom is -0.493 e. The molecule has 1 amide bonds. The van der Waals surface area contributed by atoms with Crippen molar-refractivity contribution < 1.29 is 33.6 Å². The number of fused-ring (bicyclic) bond motifs is 1. The number of carboxylic acid groups (broad SMARTS) is 1. The molecular formula is C28H40N2O7. The van der Waals surface area contributed by atoms with Crippen molar-refractivity contribution >= 4 is 11.9 Å². The first-order chi connectivity index (χ1) is 17.6. The van der Waals surface area contributed by atoms with E-state index in [1.165, 1.54) is 23.6 Å². The molecule has 0 saturated heterocycles. The summed E-state index contributed by atoms with van der Waals surface area (Å²) in [7, 11) is 6.65. The van der Waals surface area contributed by atoms with Crippen molar-refractivity contribution in [1.29, 1.82) is 0 Å². The van der Waals surface area contributed by atoms with Crippen LogP contribution in [0.2, 0.25) is 0 Å². The fourth-order valence-electron chi connectivity index (χ4n) is 4.33. The fraction of sp³-hybridized carbons (Fsp3) is 0.500. The summed E-state index contributed by atoms with van der Waals surface area (Å²) in [6, 6.07) is 9.73. The number of carbonyl (C=O) groups excluding carboxylic acids is 1. The molecule has 1 aliphatic rings. The minimum absolute atomic E-state index is 0.224. The third kappa shape index (κ3) is 8.56. The average molecular weight is 517 g/mol. The molecule has 0 fully saturated rings. The highest BCUT2D eigenvalue weighted by Gasteiger charge is 2.23. The van der Waals surface area contributed by atoms with E-state index in [9.17, 15) is 9.59 Å². The van der Waals surface area contributed by atoms with Gasteiger partial charge in [0, 0.05) is 13.0 Å². The number of hydrogen-bond acceptors (Lipinski definition) is 7. The molecule has 0 radical (unpaired) electrons. The Labute approximate surface area is 219 Å². The number of benzene rings is 2. The van der Waals surface area contributed by atoms with E-state index < -0.39 is 12.0 Å². The molecule has 204 valence electrons. The van der Waals surface area contributed by atoms with Gasteiger partial charge >= 0.3 is 5.97 Å². The zero-order chi connectivity index (χ0) is 27.5. The van der Waals surface area contributed by atoms with Crippen LogP contribution >= 0.6 is 0 Å². The zero-order valence-electron chi connectivity index (χ0n) is 22.8. The van der Waals surface area contributed by atoms with Crippen molar-refractivity contribution in [2.45, 2.75) is 52.1 Å². The third-order valence-electron chi connectivity index (χ3n) is 6.08. The van der Waals surface area contributed by atoms with Gasteiger partial charge in [0.05, 0.1) is 28.4 Å². The molecule has 3 rings (SSSR count). The van der Waals surface area contributed by atoms with Crippen LogP contribution in [0, 0.1) is 5.92 Å². The van der Waals surface area contributed by atoms with E-state index in [0.717, 1.165) is 42.4 Å². The Balaban J connectivity index is 0.000000341. The van der Waals surface area contributed by atoms with Crippen molar-refractivity contribution in [3.05, 3.63) is 47.0 Å². The van der Waals surface area contributed by atoms with Gasteiger partial charge in [0.15, 0.2) is 23.0 Å². The maximum absolute atomic E-state index is 10.6. The molecule has 0 aliphatic carbocycles. The van der Waals surface area contributed by atoms with Crippen LogP contribution in [0.15, 0.2) is 30.3 Å². The van der Waals surface area contributed by atoms with Crippen LogP contribution in [-0.4, -0.2) is 58.0 Å². The second-order valence-corrected chi connectivity index (χ2v) is 9.28. The predicted molar refractivity (Wildman–Crippen MR) is 142 cm³/mol. The van der Waals surface area contributed by atoms with Crippen LogP contribution in [0.25, 0.3) is 0 Å². The molecule has 1 heterocycles. The first kappa shape index (κ1) is 29.8. The molecule has 9 heteroatoms. The van der Waals surface area contributed by atoms with E-state index in [0.29, 0.717) is 6.42 Å². The van der Waals surface area contributed by atoms with E-state index in [1.807, 2.05) is 26.0 Å². The van der Waals surface area contributed by atoms with Crippen molar-refractivity contribution in [2.24, 2.45) is 5.92 Å². The number of hydrogen-bond donors (Lipinski definition) is 3. The molecule has 0 unspecified atom stereocenters. The highest BCUT2D eigenvalue weighted by Crippen LogP contribution is 2.37. The Bertz CT molecular complexity index is 1060. The summed E-state index contributed by atoms with van der Waals surface area (Å²) in [4.78, 5) is 21.1. The lowest BCUT2D eigenvalue weighted by molar-refractivity contribution is -0.142. The van der Waals surface area contributed by atoms with Crippen LogP contribution in [0.5, 0.6) is 23.0 Å². The number of amides is 1. The summed E-state index contributed by atoms with van der Waals surface area (Å²) in [5, 5.41) is 14.6. The van der Waals surface area contributed by atoms with E-state index in [4.69, 9.17) is 24.1 Å². The summed E-state index contributed by atoms with van der Waals surface area (Å²) < 4.78 is 21.7. The Morgan fingerprint density at radius 2 is 1.57 bits per heavy atom. The fourth-order valence-corrected chi connectivity index (χ4v) is 4.33. The van der Waals surface area contributed by atoms with Crippen LogP contribution in [0.3, 0.4) is 0 Å². The van der Waals surface area contributed by atoms with E-state index >= 15 is 0 Å². The third-order valence-corrected chi connectivity index (χ3v) is 6.08. The van der Waals surface area contributed by atoms with E-state index in [1.54, 1.807) is 28.4 Å². The number of nitrogens with one attached hydrogen (secondary N) is 2. The Kier molecular flexibility index (Phi) is 11.5. The molecule has 0 bridgehead atoms. The zero-order valence-corrected chi connectivity index (χ0v) is 22.8. The average Bonchev–Trinajstić information content (AvgIpc) is 2.87. The first-order valence-corrected chi connectivity index (χ1v) is 12.3. The summed E-state index contributed by atoms with van der Waals surface area (Å²) >= 11 is 0. The lowest BCUT2D eigenvalue weighted by atomic mass is 9.89. The molecule has 0 aromatic heterocycles. The predicted octanol–water partition coefficient (Wildman–Crippen LogP) is 3.77. The molecule has 0 spiro atoms. The van der Waals surface area contributed by atoms with Crippen molar-refractivity contribution in [3.8, 4) is 23.0 Å². The summed E-state index contributed by atoms with van der Waals surface area (Å²) in [5.74, 6) is 2.04. The van der Waals surface area contributed by atoms with Gasteiger partial charge in [-0.25, -0.2) is 4.79 Å². The molecular weight excluding hydrogens is 476 g/mol. The summed E-state index contributed by atoms with van der Waals surface area (Å²) in [6.45, 7) is 6.09. The molecule has 9 nitrogen and oxygen atoms in total. The van der Waals surface area contributed by atoms with Gasteiger partial charge in [-0.3, -0.25) is 4.79 Å². The van der Waals surface area contributed by atoms with Crippen LogP contribution < -0.4 is 29.6 Å². The number of rotatable bonds is 10. The Morgan fingerprint density at radius 3 is 2.11 bits per heavy atom. The largest absolute Gasteiger partial charge is 0.493 e. The first-order valence-electron chi connectivity index (χ1n) is 12.3. The lowest BCUT2D eigenvalue weighted by Crippen LogP contribution is -2.40. The van der Waals surface area contributed by atoms with Gasteiger partial charge in [0.1, 0.15) is 6.04 Å². The van der Waals surface area contributed by atoms with E-state index in [2.05, 4.69) is 28.8 Å². The second kappa shape index (κ2) is 14.3. The van der Waals surface area contributed by atoms with Crippen LogP contribution in [-0.2, 0) is 22.4 Å².